The molecule has 1 heterocycles. The summed E-state index contributed by atoms with van der Waals surface area (Å²) in [6.07, 6.45) is 2.82. The highest BCUT2D eigenvalue weighted by Gasteiger charge is 2.28. The van der Waals surface area contributed by atoms with Gasteiger partial charge in [0.1, 0.15) is 10.8 Å². The van der Waals surface area contributed by atoms with E-state index >= 15 is 0 Å². The monoisotopic (exact) mass is 418 g/mol. The maximum Gasteiger partial charge on any atom is 0.341 e. The average Bonchev–Trinajstić information content (AvgIpc) is 3.23. The van der Waals surface area contributed by atoms with Crippen molar-refractivity contribution in [2.75, 3.05) is 18.5 Å². The molecule has 0 radical (unpaired) electrons. The van der Waals surface area contributed by atoms with Crippen LogP contribution in [0.15, 0.2) is 24.3 Å². The number of para-hydroxylation sites is 1. The first-order valence-electron chi connectivity index (χ1n) is 9.20. The van der Waals surface area contributed by atoms with E-state index < -0.39 is 0 Å². The lowest BCUT2D eigenvalue weighted by atomic mass is 10.1. The van der Waals surface area contributed by atoms with Crippen molar-refractivity contribution in [3.8, 4) is 5.75 Å². The molecule has 0 saturated heterocycles. The van der Waals surface area contributed by atoms with Gasteiger partial charge in [-0.1, -0.05) is 12.1 Å². The second kappa shape index (κ2) is 9.16. The lowest BCUT2D eigenvalue weighted by molar-refractivity contribution is 0.0527. The molecule has 0 spiro atoms. The summed E-state index contributed by atoms with van der Waals surface area (Å²) >= 11 is 6.80. The van der Waals surface area contributed by atoms with Gasteiger partial charge in [-0.05, 0) is 63.0 Å². The fourth-order valence-electron chi connectivity index (χ4n) is 3.15. The van der Waals surface area contributed by atoms with Gasteiger partial charge < -0.3 is 14.8 Å². The molecule has 148 valence electrons. The zero-order valence-electron chi connectivity index (χ0n) is 15.8. The topological polar surface area (TPSA) is 76.7 Å². The van der Waals surface area contributed by atoms with Crippen LogP contribution in [0.3, 0.4) is 0 Å². The molecule has 0 saturated carbocycles. The number of thiocarbonyl (C=S) groups is 1. The van der Waals surface area contributed by atoms with E-state index in [1.54, 1.807) is 31.2 Å². The number of esters is 1. The van der Waals surface area contributed by atoms with Crippen LogP contribution >= 0.6 is 23.6 Å². The van der Waals surface area contributed by atoms with Gasteiger partial charge in [-0.3, -0.25) is 10.1 Å². The Balaban J connectivity index is 1.75. The number of aryl methyl sites for hydroxylation is 1. The molecule has 1 aliphatic rings. The minimum absolute atomic E-state index is 0.127. The van der Waals surface area contributed by atoms with Crippen LogP contribution in [0.25, 0.3) is 0 Å². The molecule has 28 heavy (non-hydrogen) atoms. The molecule has 1 aliphatic carbocycles. The van der Waals surface area contributed by atoms with Crippen LogP contribution in [-0.4, -0.2) is 30.2 Å². The van der Waals surface area contributed by atoms with Crippen LogP contribution in [0.5, 0.6) is 5.75 Å². The predicted molar refractivity (Wildman–Crippen MR) is 114 cm³/mol. The molecule has 0 unspecified atom stereocenters. The minimum atomic E-state index is -0.372. The molecule has 6 nitrogen and oxygen atoms in total. The maximum absolute atomic E-state index is 12.6. The molecule has 8 heteroatoms. The quantitative estimate of drug-likeness (QED) is 0.547. The van der Waals surface area contributed by atoms with Crippen LogP contribution < -0.4 is 15.4 Å². The molecule has 1 aromatic carbocycles. The number of carbonyl (C=O) groups excluding carboxylic acids is 2. The molecular formula is C20H22N2O4S2. The number of amides is 1. The molecule has 0 bridgehead atoms. The highest BCUT2D eigenvalue weighted by Crippen LogP contribution is 2.39. The van der Waals surface area contributed by atoms with E-state index in [4.69, 9.17) is 21.7 Å². The van der Waals surface area contributed by atoms with E-state index in [2.05, 4.69) is 10.6 Å². The maximum atomic E-state index is 12.6. The number of rotatable bonds is 6. The van der Waals surface area contributed by atoms with E-state index in [0.29, 0.717) is 35.1 Å². The number of hydrogen-bond acceptors (Lipinski definition) is 6. The van der Waals surface area contributed by atoms with Crippen molar-refractivity contribution in [3.05, 3.63) is 45.8 Å². The number of ether oxygens (including phenoxy) is 2. The van der Waals surface area contributed by atoms with Gasteiger partial charge in [0.05, 0.1) is 24.3 Å². The van der Waals surface area contributed by atoms with Crippen molar-refractivity contribution < 1.29 is 19.1 Å². The second-order valence-corrected chi connectivity index (χ2v) is 7.63. The summed E-state index contributed by atoms with van der Waals surface area (Å²) in [4.78, 5) is 26.2. The first-order chi connectivity index (χ1) is 13.5. The normalized spacial score (nSPS) is 12.2. The number of thiophene rings is 1. The first-order valence-corrected chi connectivity index (χ1v) is 10.4. The zero-order chi connectivity index (χ0) is 20.1. The van der Waals surface area contributed by atoms with Crippen LogP contribution in [0.4, 0.5) is 5.00 Å². The van der Waals surface area contributed by atoms with Gasteiger partial charge in [0.2, 0.25) is 0 Å². The Kier molecular flexibility index (Phi) is 6.64. The molecular weight excluding hydrogens is 396 g/mol. The summed E-state index contributed by atoms with van der Waals surface area (Å²) in [5.74, 6) is -0.240. The van der Waals surface area contributed by atoms with Gasteiger partial charge in [0.25, 0.3) is 5.91 Å². The van der Waals surface area contributed by atoms with Crippen molar-refractivity contribution in [2.45, 2.75) is 33.1 Å². The summed E-state index contributed by atoms with van der Waals surface area (Å²) in [6, 6.07) is 6.97. The fraction of sp³-hybridized carbons (Fsp3) is 0.350. The van der Waals surface area contributed by atoms with E-state index in [0.717, 1.165) is 24.8 Å². The SMILES string of the molecule is CCOC(=O)c1c(NC(=S)NC(=O)c2ccccc2OCC)sc2c1CCC2. The summed E-state index contributed by atoms with van der Waals surface area (Å²) in [5.41, 5.74) is 1.96. The van der Waals surface area contributed by atoms with Crippen LogP contribution in [-0.2, 0) is 17.6 Å². The van der Waals surface area contributed by atoms with Crippen molar-refractivity contribution in [3.63, 3.8) is 0 Å². The Morgan fingerprint density at radius 1 is 1.18 bits per heavy atom. The highest BCUT2D eigenvalue weighted by molar-refractivity contribution is 7.80. The Labute approximate surface area is 173 Å². The number of hydrogen-bond donors (Lipinski definition) is 2. The van der Waals surface area contributed by atoms with Crippen LogP contribution in [0.1, 0.15) is 51.4 Å². The summed E-state index contributed by atoms with van der Waals surface area (Å²) in [7, 11) is 0. The Bertz CT molecular complexity index is 908. The lowest BCUT2D eigenvalue weighted by Gasteiger charge is -2.12. The Morgan fingerprint density at radius 3 is 2.71 bits per heavy atom. The molecule has 2 N–H and O–H groups in total. The van der Waals surface area contributed by atoms with Crippen LogP contribution in [0.2, 0.25) is 0 Å². The number of carbonyl (C=O) groups is 2. The zero-order valence-corrected chi connectivity index (χ0v) is 17.4. The summed E-state index contributed by atoms with van der Waals surface area (Å²) < 4.78 is 10.7. The predicted octanol–water partition coefficient (Wildman–Crippen LogP) is 3.94. The standard InChI is InChI=1S/C20H22N2O4S2/c1-3-25-14-10-6-5-8-12(14)17(23)21-20(27)22-18-16(19(24)26-4-2)13-9-7-11-15(13)28-18/h5-6,8,10H,3-4,7,9,11H2,1-2H3,(H2,21,22,23,27). The van der Waals surface area contributed by atoms with Gasteiger partial charge in [-0.25, -0.2) is 4.79 Å². The second-order valence-electron chi connectivity index (χ2n) is 6.12. The fourth-order valence-corrected chi connectivity index (χ4v) is 4.69. The lowest BCUT2D eigenvalue weighted by Crippen LogP contribution is -2.34. The number of anilines is 1. The number of benzene rings is 1. The van der Waals surface area contributed by atoms with E-state index in [9.17, 15) is 9.59 Å². The van der Waals surface area contributed by atoms with E-state index in [-0.39, 0.29) is 17.0 Å². The third-order valence-electron chi connectivity index (χ3n) is 4.29. The average molecular weight is 419 g/mol. The molecule has 3 rings (SSSR count). The van der Waals surface area contributed by atoms with Crippen molar-refractivity contribution >= 4 is 45.5 Å². The highest BCUT2D eigenvalue weighted by atomic mass is 32.1. The van der Waals surface area contributed by atoms with Gasteiger partial charge in [0, 0.05) is 4.88 Å². The third kappa shape index (κ3) is 4.34. The number of nitrogens with one attached hydrogen (secondary N) is 2. The van der Waals surface area contributed by atoms with Gasteiger partial charge in [-0.15, -0.1) is 11.3 Å². The molecule has 0 atom stereocenters. The summed E-state index contributed by atoms with van der Waals surface area (Å²) in [6.45, 7) is 4.39. The molecule has 1 amide bonds. The van der Waals surface area contributed by atoms with Crippen molar-refractivity contribution in [2.24, 2.45) is 0 Å². The van der Waals surface area contributed by atoms with Crippen LogP contribution in [0, 0.1) is 0 Å². The molecule has 1 aromatic heterocycles. The third-order valence-corrected chi connectivity index (χ3v) is 5.70. The smallest absolute Gasteiger partial charge is 0.341 e. The van der Waals surface area contributed by atoms with E-state index in [1.165, 1.54) is 16.2 Å². The van der Waals surface area contributed by atoms with Gasteiger partial charge >= 0.3 is 5.97 Å². The van der Waals surface area contributed by atoms with Crippen molar-refractivity contribution in [1.29, 1.82) is 0 Å². The van der Waals surface area contributed by atoms with E-state index in [1.807, 2.05) is 6.92 Å². The Morgan fingerprint density at radius 2 is 1.96 bits per heavy atom. The van der Waals surface area contributed by atoms with Gasteiger partial charge in [-0.2, -0.15) is 0 Å². The summed E-state index contributed by atoms with van der Waals surface area (Å²) in [5, 5.41) is 6.41. The molecule has 0 aliphatic heterocycles. The van der Waals surface area contributed by atoms with Crippen molar-refractivity contribution in [1.82, 2.24) is 5.32 Å². The minimum Gasteiger partial charge on any atom is -0.493 e. The first kappa shape index (κ1) is 20.3. The largest absolute Gasteiger partial charge is 0.493 e. The van der Waals surface area contributed by atoms with Gasteiger partial charge in [0.15, 0.2) is 5.11 Å². The Hall–Kier alpha value is -2.45. The number of fused-ring (bicyclic) bond motifs is 1. The molecule has 2 aromatic rings. The molecule has 0 fully saturated rings.